The summed E-state index contributed by atoms with van der Waals surface area (Å²) in [6.45, 7) is 6.49. The Balaban J connectivity index is 2.19. The molecule has 4 heteroatoms. The van der Waals surface area contributed by atoms with Crippen molar-refractivity contribution in [3.63, 3.8) is 0 Å². The van der Waals surface area contributed by atoms with Gasteiger partial charge in [-0.2, -0.15) is 0 Å². The highest BCUT2D eigenvalue weighted by Crippen LogP contribution is 2.32. The van der Waals surface area contributed by atoms with Gasteiger partial charge in [0.25, 0.3) is 0 Å². The Labute approximate surface area is 148 Å². The summed E-state index contributed by atoms with van der Waals surface area (Å²) in [4.78, 5) is 12.5. The molecule has 0 aliphatic carbocycles. The van der Waals surface area contributed by atoms with Crippen molar-refractivity contribution < 1.29 is 4.42 Å². The first-order valence-electron chi connectivity index (χ1n) is 7.30. The van der Waals surface area contributed by atoms with Crippen molar-refractivity contribution in [1.29, 1.82) is 0 Å². The highest BCUT2D eigenvalue weighted by Gasteiger charge is 2.17. The molecule has 0 unspecified atom stereocenters. The van der Waals surface area contributed by atoms with Gasteiger partial charge in [0, 0.05) is 10.6 Å². The molecule has 3 rings (SSSR count). The van der Waals surface area contributed by atoms with Gasteiger partial charge in [-0.25, -0.2) is 0 Å². The Morgan fingerprint density at radius 2 is 1.70 bits per heavy atom. The van der Waals surface area contributed by atoms with Gasteiger partial charge in [0.2, 0.25) is 5.43 Å². The molecule has 118 valence electrons. The number of hydrogen-bond acceptors (Lipinski definition) is 2. The maximum absolute atomic E-state index is 12.5. The molecule has 2 nitrogen and oxygen atoms in total. The van der Waals surface area contributed by atoms with Gasteiger partial charge in [-0.05, 0) is 45.1 Å². The molecule has 1 aromatic heterocycles. The summed E-state index contributed by atoms with van der Waals surface area (Å²) in [7, 11) is 0. The van der Waals surface area contributed by atoms with E-state index >= 15 is 0 Å². The predicted molar refractivity (Wildman–Crippen MR) is 99.3 cm³/mol. The Kier molecular flexibility index (Phi) is 4.11. The van der Waals surface area contributed by atoms with Gasteiger partial charge in [-0.3, -0.25) is 4.79 Å². The largest absolute Gasteiger partial charge is 0.455 e. The molecule has 1 heterocycles. The highest BCUT2D eigenvalue weighted by molar-refractivity contribution is 9.10. The van der Waals surface area contributed by atoms with E-state index in [1.54, 1.807) is 18.2 Å². The van der Waals surface area contributed by atoms with Gasteiger partial charge in [-0.1, -0.05) is 56.6 Å². The van der Waals surface area contributed by atoms with Crippen LogP contribution in [0.3, 0.4) is 0 Å². The van der Waals surface area contributed by atoms with Crippen LogP contribution >= 0.6 is 27.5 Å². The average molecular weight is 392 g/mol. The first-order valence-corrected chi connectivity index (χ1v) is 8.47. The minimum Gasteiger partial charge on any atom is -0.455 e. The van der Waals surface area contributed by atoms with Crippen LogP contribution in [0.4, 0.5) is 0 Å². The molecule has 0 fully saturated rings. The van der Waals surface area contributed by atoms with Crippen LogP contribution in [0, 0.1) is 0 Å². The van der Waals surface area contributed by atoms with E-state index in [4.69, 9.17) is 16.0 Å². The van der Waals surface area contributed by atoms with Gasteiger partial charge in [-0.15, -0.1) is 0 Å². The van der Waals surface area contributed by atoms with Crippen LogP contribution in [0.5, 0.6) is 0 Å². The quantitative estimate of drug-likeness (QED) is 0.496. The van der Waals surface area contributed by atoms with E-state index in [1.807, 2.05) is 12.1 Å². The molecule has 0 atom stereocenters. The van der Waals surface area contributed by atoms with Crippen LogP contribution in [0.2, 0.25) is 5.02 Å². The molecular weight excluding hydrogens is 376 g/mol. The average Bonchev–Trinajstić information content (AvgIpc) is 2.51. The first-order chi connectivity index (χ1) is 10.8. The van der Waals surface area contributed by atoms with Crippen molar-refractivity contribution in [3.8, 4) is 11.3 Å². The zero-order valence-electron chi connectivity index (χ0n) is 13.1. The number of halogens is 2. The zero-order valence-corrected chi connectivity index (χ0v) is 15.5. The van der Waals surface area contributed by atoms with Crippen molar-refractivity contribution in [2.75, 3.05) is 0 Å². The lowest BCUT2D eigenvalue weighted by Crippen LogP contribution is -2.10. The summed E-state index contributed by atoms with van der Waals surface area (Å²) in [6, 6.07) is 13.1. The second-order valence-corrected chi connectivity index (χ2v) is 7.77. The summed E-state index contributed by atoms with van der Waals surface area (Å²) in [5.74, 6) is 0.533. The minimum absolute atomic E-state index is 0.0801. The van der Waals surface area contributed by atoms with Crippen LogP contribution in [-0.4, -0.2) is 0 Å². The van der Waals surface area contributed by atoms with Crippen molar-refractivity contribution in [2.24, 2.45) is 0 Å². The topological polar surface area (TPSA) is 30.2 Å². The van der Waals surface area contributed by atoms with E-state index in [0.29, 0.717) is 26.2 Å². The summed E-state index contributed by atoms with van der Waals surface area (Å²) in [5.41, 5.74) is 2.57. The molecule has 0 spiro atoms. The van der Waals surface area contributed by atoms with Gasteiger partial charge >= 0.3 is 0 Å². The third-order valence-electron chi connectivity index (χ3n) is 3.81. The molecular formula is C19H16BrClO2. The Bertz CT molecular complexity index is 934. The number of benzene rings is 2. The molecule has 0 saturated heterocycles. The van der Waals surface area contributed by atoms with E-state index in [9.17, 15) is 4.79 Å². The van der Waals surface area contributed by atoms with E-state index in [0.717, 1.165) is 5.56 Å². The second-order valence-electron chi connectivity index (χ2n) is 6.54. The van der Waals surface area contributed by atoms with Crippen LogP contribution in [0.1, 0.15) is 26.3 Å². The molecule has 0 amide bonds. The van der Waals surface area contributed by atoms with E-state index in [2.05, 4.69) is 48.8 Å². The second kappa shape index (κ2) is 5.81. The fraction of sp³-hybridized carbons (Fsp3) is 0.211. The first kappa shape index (κ1) is 16.3. The molecule has 0 radical (unpaired) electrons. The molecule has 0 bridgehead atoms. The fourth-order valence-electron chi connectivity index (χ4n) is 2.45. The maximum atomic E-state index is 12.5. The van der Waals surface area contributed by atoms with Crippen molar-refractivity contribution >= 4 is 38.5 Å². The predicted octanol–water partition coefficient (Wildman–Crippen LogP) is 6.17. The highest BCUT2D eigenvalue weighted by atomic mass is 79.9. The van der Waals surface area contributed by atoms with Crippen molar-refractivity contribution in [3.05, 3.63) is 67.7 Å². The third-order valence-corrected chi connectivity index (χ3v) is 4.77. The lowest BCUT2D eigenvalue weighted by Gasteiger charge is -2.19. The monoisotopic (exact) mass is 390 g/mol. The molecule has 3 aromatic rings. The number of hydrogen-bond donors (Lipinski definition) is 0. The Hall–Kier alpha value is -1.58. The lowest BCUT2D eigenvalue weighted by atomic mass is 9.86. The van der Waals surface area contributed by atoms with Gasteiger partial charge < -0.3 is 4.42 Å². The van der Waals surface area contributed by atoms with Gasteiger partial charge in [0.05, 0.1) is 5.39 Å². The van der Waals surface area contributed by atoms with Crippen molar-refractivity contribution in [1.82, 2.24) is 0 Å². The Morgan fingerprint density at radius 3 is 2.30 bits per heavy atom. The summed E-state index contributed by atoms with van der Waals surface area (Å²) < 4.78 is 6.35. The summed E-state index contributed by atoms with van der Waals surface area (Å²) in [5, 5.41) is 0.985. The van der Waals surface area contributed by atoms with Crippen LogP contribution in [-0.2, 0) is 5.41 Å². The Morgan fingerprint density at radius 1 is 1.04 bits per heavy atom. The standard InChI is InChI=1S/C19H16BrClO2/c1-19(2,3)12-6-4-11(5-7-12)18-16(20)17(22)14-10-13(21)8-9-15(14)23-18/h4-10H,1-3H3. The number of fused-ring (bicyclic) bond motifs is 1. The smallest absolute Gasteiger partial charge is 0.207 e. The molecule has 0 saturated carbocycles. The molecule has 0 N–H and O–H groups in total. The van der Waals surface area contributed by atoms with E-state index < -0.39 is 0 Å². The van der Waals surface area contributed by atoms with Gasteiger partial charge in [0.15, 0.2) is 5.76 Å². The molecule has 23 heavy (non-hydrogen) atoms. The van der Waals surface area contributed by atoms with Crippen molar-refractivity contribution in [2.45, 2.75) is 26.2 Å². The van der Waals surface area contributed by atoms with Gasteiger partial charge in [0.1, 0.15) is 10.1 Å². The van der Waals surface area contributed by atoms with Crippen LogP contribution < -0.4 is 5.43 Å². The fourth-order valence-corrected chi connectivity index (χ4v) is 3.15. The van der Waals surface area contributed by atoms with Crippen LogP contribution in [0.15, 0.2) is 56.1 Å². The molecule has 0 aliphatic rings. The minimum atomic E-state index is -0.122. The number of rotatable bonds is 1. The molecule has 0 aliphatic heterocycles. The zero-order chi connectivity index (χ0) is 16.8. The van der Waals surface area contributed by atoms with Crippen LogP contribution in [0.25, 0.3) is 22.3 Å². The summed E-state index contributed by atoms with van der Waals surface area (Å²) in [6.07, 6.45) is 0. The lowest BCUT2D eigenvalue weighted by molar-refractivity contribution is 0.589. The normalized spacial score (nSPS) is 11.9. The SMILES string of the molecule is CC(C)(C)c1ccc(-c2oc3ccc(Cl)cc3c(=O)c2Br)cc1. The van der Waals surface area contributed by atoms with E-state index in [-0.39, 0.29) is 10.8 Å². The molecule has 2 aromatic carbocycles. The third kappa shape index (κ3) is 3.08. The van der Waals surface area contributed by atoms with E-state index in [1.165, 1.54) is 5.56 Å². The summed E-state index contributed by atoms with van der Waals surface area (Å²) >= 11 is 9.34. The maximum Gasteiger partial charge on any atom is 0.207 e.